The van der Waals surface area contributed by atoms with Gasteiger partial charge in [0.05, 0.1) is 5.92 Å². The van der Waals surface area contributed by atoms with Gasteiger partial charge in [-0.2, -0.15) is 0 Å². The zero-order valence-electron chi connectivity index (χ0n) is 25.6. The van der Waals surface area contributed by atoms with Crippen molar-refractivity contribution >= 4 is 28.6 Å². The Morgan fingerprint density at radius 3 is 2.40 bits per heavy atom. The highest BCUT2D eigenvalue weighted by molar-refractivity contribution is 5.91. The van der Waals surface area contributed by atoms with E-state index in [1.165, 1.54) is 5.56 Å². The molecule has 1 saturated carbocycles. The van der Waals surface area contributed by atoms with Gasteiger partial charge in [0.2, 0.25) is 17.7 Å². The highest BCUT2D eigenvalue weighted by atomic mass is 16.2. The molecule has 2 fully saturated rings. The number of amides is 3. The second-order valence-electron chi connectivity index (χ2n) is 13.4. The molecule has 2 heterocycles. The molecule has 1 aliphatic heterocycles. The standard InChI is InChI=1S/C35H45N5O3/c1-22(28-21-37-30-11-7-5-9-26(28)30)31(38-32(41)23-12-14-24(36)15-13-23)34(43)40-18-16-35(17-19-40)20-27(33(42)39(2)3)25-8-4-6-10-29(25)35/h4-11,21-24,27,31,37H,12-20,36H2,1-3H3,(H,38,41)/t22-,23?,24?,27-,31-/m1/s1. The third kappa shape index (κ3) is 5.46. The zero-order valence-corrected chi connectivity index (χ0v) is 25.6. The second-order valence-corrected chi connectivity index (χ2v) is 13.4. The number of hydrogen-bond donors (Lipinski definition) is 3. The molecule has 3 aromatic rings. The minimum atomic E-state index is -0.671. The molecule has 4 N–H and O–H groups in total. The smallest absolute Gasteiger partial charge is 0.245 e. The number of carbonyl (C=O) groups is 3. The predicted molar refractivity (Wildman–Crippen MR) is 169 cm³/mol. The number of H-pyrrole nitrogens is 1. The summed E-state index contributed by atoms with van der Waals surface area (Å²) in [6.45, 7) is 3.24. The van der Waals surface area contributed by atoms with Crippen LogP contribution in [0.5, 0.6) is 0 Å². The summed E-state index contributed by atoms with van der Waals surface area (Å²) in [6, 6.07) is 15.9. The molecule has 0 radical (unpaired) electrons. The molecule has 2 aliphatic carbocycles. The lowest BCUT2D eigenvalue weighted by molar-refractivity contribution is -0.139. The van der Waals surface area contributed by atoms with Gasteiger partial charge < -0.3 is 25.8 Å². The first-order valence-electron chi connectivity index (χ1n) is 15.9. The van der Waals surface area contributed by atoms with E-state index in [1.807, 2.05) is 56.4 Å². The molecule has 1 spiro atoms. The molecule has 0 bridgehead atoms. The fourth-order valence-corrected chi connectivity index (χ4v) is 7.96. The number of rotatable bonds is 6. The van der Waals surface area contributed by atoms with Crippen LogP contribution in [-0.4, -0.2) is 71.8 Å². The number of hydrogen-bond acceptors (Lipinski definition) is 4. The highest BCUT2D eigenvalue weighted by Gasteiger charge is 2.49. The van der Waals surface area contributed by atoms with Crippen molar-refractivity contribution in [1.29, 1.82) is 0 Å². The number of aromatic nitrogens is 1. The molecule has 43 heavy (non-hydrogen) atoms. The molecular formula is C35H45N5O3. The summed E-state index contributed by atoms with van der Waals surface area (Å²) in [5.41, 5.74) is 10.4. The number of benzene rings is 2. The summed E-state index contributed by atoms with van der Waals surface area (Å²) in [7, 11) is 3.64. The number of nitrogens with one attached hydrogen (secondary N) is 2. The van der Waals surface area contributed by atoms with Gasteiger partial charge in [0.25, 0.3) is 0 Å². The first-order chi connectivity index (χ1) is 20.7. The van der Waals surface area contributed by atoms with Crippen LogP contribution < -0.4 is 11.1 Å². The van der Waals surface area contributed by atoms with Crippen molar-refractivity contribution in [1.82, 2.24) is 20.1 Å². The first-order valence-corrected chi connectivity index (χ1v) is 15.9. The highest BCUT2D eigenvalue weighted by Crippen LogP contribution is 2.52. The average molecular weight is 584 g/mol. The maximum atomic E-state index is 14.4. The van der Waals surface area contributed by atoms with Crippen molar-refractivity contribution in [3.05, 3.63) is 71.4 Å². The fraction of sp³-hybridized carbons (Fsp3) is 0.514. The number of aromatic amines is 1. The van der Waals surface area contributed by atoms with Crippen LogP contribution in [0.4, 0.5) is 0 Å². The van der Waals surface area contributed by atoms with E-state index in [2.05, 4.69) is 34.6 Å². The number of nitrogens with two attached hydrogens (primary N) is 1. The Morgan fingerprint density at radius 2 is 1.67 bits per heavy atom. The van der Waals surface area contributed by atoms with Crippen LogP contribution in [0, 0.1) is 5.92 Å². The summed E-state index contributed by atoms with van der Waals surface area (Å²) in [6.07, 6.45) is 7.54. The van der Waals surface area contributed by atoms with Gasteiger partial charge >= 0.3 is 0 Å². The van der Waals surface area contributed by atoms with Crippen LogP contribution in [0.2, 0.25) is 0 Å². The van der Waals surface area contributed by atoms with Crippen molar-refractivity contribution in [2.45, 2.75) is 81.2 Å². The van der Waals surface area contributed by atoms with E-state index in [-0.39, 0.29) is 46.9 Å². The normalized spacial score (nSPS) is 24.4. The molecule has 3 atom stereocenters. The van der Waals surface area contributed by atoms with Crippen LogP contribution in [0.25, 0.3) is 10.9 Å². The molecule has 2 aromatic carbocycles. The van der Waals surface area contributed by atoms with Crippen LogP contribution in [0.1, 0.15) is 80.4 Å². The van der Waals surface area contributed by atoms with E-state index in [9.17, 15) is 14.4 Å². The van der Waals surface area contributed by atoms with E-state index in [0.717, 1.165) is 67.0 Å². The second kappa shape index (κ2) is 11.8. The van der Waals surface area contributed by atoms with Crippen molar-refractivity contribution in [2.24, 2.45) is 11.7 Å². The van der Waals surface area contributed by atoms with Gasteiger partial charge in [-0.3, -0.25) is 14.4 Å². The molecule has 0 unspecified atom stereocenters. The van der Waals surface area contributed by atoms with Gasteiger partial charge in [-0.1, -0.05) is 49.4 Å². The lowest BCUT2D eigenvalue weighted by atomic mass is 9.73. The van der Waals surface area contributed by atoms with Crippen LogP contribution >= 0.6 is 0 Å². The Morgan fingerprint density at radius 1 is 1.00 bits per heavy atom. The SMILES string of the molecule is C[C@H](c1c[nH]c2ccccc12)[C@@H](NC(=O)C1CCC(N)CC1)C(=O)N1CCC2(CC1)C[C@@H](C(=O)N(C)C)c1ccccc12. The maximum Gasteiger partial charge on any atom is 0.245 e. The Hall–Kier alpha value is -3.65. The van der Waals surface area contributed by atoms with Gasteiger partial charge in [0, 0.05) is 67.6 Å². The third-order valence-corrected chi connectivity index (χ3v) is 10.6. The fourth-order valence-electron chi connectivity index (χ4n) is 7.96. The van der Waals surface area contributed by atoms with Crippen molar-refractivity contribution < 1.29 is 14.4 Å². The van der Waals surface area contributed by atoms with Crippen LogP contribution in [0.15, 0.2) is 54.7 Å². The number of piperidine rings is 1. The maximum absolute atomic E-state index is 14.4. The molecule has 3 aliphatic rings. The monoisotopic (exact) mass is 583 g/mol. The van der Waals surface area contributed by atoms with Gasteiger partial charge in [0.1, 0.15) is 6.04 Å². The van der Waals surface area contributed by atoms with E-state index >= 15 is 0 Å². The summed E-state index contributed by atoms with van der Waals surface area (Å²) in [5, 5.41) is 4.30. The van der Waals surface area contributed by atoms with Gasteiger partial charge in [-0.25, -0.2) is 0 Å². The van der Waals surface area contributed by atoms with E-state index < -0.39 is 6.04 Å². The molecule has 3 amide bonds. The first kappa shape index (κ1) is 29.4. The Balaban J connectivity index is 1.23. The van der Waals surface area contributed by atoms with E-state index in [0.29, 0.717) is 13.1 Å². The minimum absolute atomic E-state index is 0.0271. The lowest BCUT2D eigenvalue weighted by Crippen LogP contribution is -2.55. The number of nitrogens with zero attached hydrogens (tertiary/aromatic N) is 2. The molecule has 6 rings (SSSR count). The molecule has 8 nitrogen and oxygen atoms in total. The van der Waals surface area contributed by atoms with Crippen LogP contribution in [-0.2, 0) is 19.8 Å². The molecule has 1 saturated heterocycles. The average Bonchev–Trinajstić information content (AvgIpc) is 3.59. The minimum Gasteiger partial charge on any atom is -0.361 e. The number of likely N-dealkylation sites (tertiary alicyclic amines) is 1. The lowest BCUT2D eigenvalue weighted by Gasteiger charge is -2.42. The molecule has 8 heteroatoms. The number of fused-ring (bicyclic) bond motifs is 3. The van der Waals surface area contributed by atoms with Gasteiger partial charge in [-0.15, -0.1) is 0 Å². The largest absolute Gasteiger partial charge is 0.361 e. The number of carbonyl (C=O) groups excluding carboxylic acids is 3. The molecular weight excluding hydrogens is 538 g/mol. The Kier molecular flexibility index (Phi) is 8.07. The summed E-state index contributed by atoms with van der Waals surface area (Å²) >= 11 is 0. The molecule has 228 valence electrons. The predicted octanol–water partition coefficient (Wildman–Crippen LogP) is 4.41. The third-order valence-electron chi connectivity index (χ3n) is 10.6. The van der Waals surface area contributed by atoms with Gasteiger partial charge in [0.15, 0.2) is 0 Å². The summed E-state index contributed by atoms with van der Waals surface area (Å²) in [4.78, 5) is 48.1. The van der Waals surface area contributed by atoms with E-state index in [4.69, 9.17) is 5.73 Å². The number of likely N-dealkylation sites (N-methyl/N-ethyl adjacent to an activating group) is 1. The van der Waals surface area contributed by atoms with Crippen molar-refractivity contribution in [3.63, 3.8) is 0 Å². The summed E-state index contributed by atoms with van der Waals surface area (Å²) < 4.78 is 0. The Bertz CT molecular complexity index is 1500. The van der Waals surface area contributed by atoms with Crippen molar-refractivity contribution in [2.75, 3.05) is 27.2 Å². The van der Waals surface area contributed by atoms with Crippen LogP contribution in [0.3, 0.4) is 0 Å². The molecule has 1 aromatic heterocycles. The topological polar surface area (TPSA) is 112 Å². The number of para-hydroxylation sites is 1. The van der Waals surface area contributed by atoms with E-state index in [1.54, 1.807) is 4.90 Å². The van der Waals surface area contributed by atoms with Crippen molar-refractivity contribution in [3.8, 4) is 0 Å². The quantitative estimate of drug-likeness (QED) is 0.399. The Labute approximate surface area is 254 Å². The van der Waals surface area contributed by atoms with Gasteiger partial charge in [-0.05, 0) is 67.7 Å². The summed E-state index contributed by atoms with van der Waals surface area (Å²) in [5.74, 6) is -0.409. The zero-order chi connectivity index (χ0) is 30.3.